The highest BCUT2D eigenvalue weighted by molar-refractivity contribution is 6.32. The minimum atomic E-state index is 0.241. The topological polar surface area (TPSA) is 67.4 Å². The Morgan fingerprint density at radius 2 is 2.29 bits per heavy atom. The second-order valence-electron chi connectivity index (χ2n) is 2.43. The summed E-state index contributed by atoms with van der Waals surface area (Å²) in [4.78, 5) is 11.5. The quantitative estimate of drug-likeness (QED) is 0.701. The standard InChI is InChI=1S/C8H4ClN5/c9-6-4-11-5-13-8(6)14-2-1-12-7(14)3-10/h1-2,4-5H. The molecule has 6 heteroatoms. The lowest BCUT2D eigenvalue weighted by molar-refractivity contribution is 0.950. The molecule has 2 heterocycles. The zero-order valence-electron chi connectivity index (χ0n) is 6.92. The Morgan fingerprint density at radius 1 is 1.43 bits per heavy atom. The van der Waals surface area contributed by atoms with Crippen molar-refractivity contribution >= 4 is 11.6 Å². The fourth-order valence-electron chi connectivity index (χ4n) is 1.04. The second-order valence-corrected chi connectivity index (χ2v) is 2.83. The van der Waals surface area contributed by atoms with Crippen molar-refractivity contribution in [3.63, 3.8) is 0 Å². The van der Waals surface area contributed by atoms with E-state index in [-0.39, 0.29) is 5.82 Å². The van der Waals surface area contributed by atoms with Crippen LogP contribution in [0, 0.1) is 11.3 Å². The Balaban J connectivity index is 2.62. The molecule has 0 aliphatic carbocycles. The van der Waals surface area contributed by atoms with E-state index in [9.17, 15) is 0 Å². The molecule has 0 N–H and O–H groups in total. The Labute approximate surface area is 84.6 Å². The Bertz CT molecular complexity index is 498. The van der Waals surface area contributed by atoms with E-state index >= 15 is 0 Å². The minimum absolute atomic E-state index is 0.241. The lowest BCUT2D eigenvalue weighted by Crippen LogP contribution is -2.00. The van der Waals surface area contributed by atoms with Crippen LogP contribution >= 0.6 is 11.6 Å². The first-order chi connectivity index (χ1) is 6.83. The molecule has 2 rings (SSSR count). The van der Waals surface area contributed by atoms with Gasteiger partial charge in [0, 0.05) is 12.4 Å². The molecule has 0 radical (unpaired) electrons. The van der Waals surface area contributed by atoms with Crippen LogP contribution in [0.5, 0.6) is 0 Å². The maximum absolute atomic E-state index is 8.74. The van der Waals surface area contributed by atoms with Gasteiger partial charge in [0.15, 0.2) is 5.82 Å². The molecule has 0 unspecified atom stereocenters. The van der Waals surface area contributed by atoms with Crippen LogP contribution in [0.4, 0.5) is 0 Å². The molecule has 0 saturated heterocycles. The van der Waals surface area contributed by atoms with Crippen molar-refractivity contribution in [2.75, 3.05) is 0 Å². The summed E-state index contributed by atoms with van der Waals surface area (Å²) < 4.78 is 1.50. The van der Waals surface area contributed by atoms with E-state index in [1.165, 1.54) is 23.3 Å². The van der Waals surface area contributed by atoms with Gasteiger partial charge in [-0.2, -0.15) is 5.26 Å². The first-order valence-electron chi connectivity index (χ1n) is 3.72. The summed E-state index contributed by atoms with van der Waals surface area (Å²) in [6.45, 7) is 0. The molecule has 0 aromatic carbocycles. The zero-order chi connectivity index (χ0) is 9.97. The maximum Gasteiger partial charge on any atom is 0.218 e. The highest BCUT2D eigenvalue weighted by Crippen LogP contribution is 2.16. The summed E-state index contributed by atoms with van der Waals surface area (Å²) >= 11 is 5.86. The van der Waals surface area contributed by atoms with Gasteiger partial charge in [0.25, 0.3) is 0 Å². The third-order valence-corrected chi connectivity index (χ3v) is 1.88. The van der Waals surface area contributed by atoms with Crippen LogP contribution < -0.4 is 0 Å². The number of halogens is 1. The first kappa shape index (κ1) is 8.66. The molecule has 0 aliphatic heterocycles. The predicted molar refractivity (Wildman–Crippen MR) is 48.9 cm³/mol. The van der Waals surface area contributed by atoms with Crippen LogP contribution in [-0.4, -0.2) is 19.5 Å². The van der Waals surface area contributed by atoms with Gasteiger partial charge in [-0.1, -0.05) is 11.6 Å². The molecular weight excluding hydrogens is 202 g/mol. The van der Waals surface area contributed by atoms with Crippen molar-refractivity contribution in [3.05, 3.63) is 35.8 Å². The van der Waals surface area contributed by atoms with Gasteiger partial charge in [0.05, 0.1) is 6.20 Å². The van der Waals surface area contributed by atoms with Crippen molar-refractivity contribution in [2.24, 2.45) is 0 Å². The predicted octanol–water partition coefficient (Wildman–Crippen LogP) is 1.19. The van der Waals surface area contributed by atoms with Gasteiger partial charge in [-0.3, -0.25) is 4.57 Å². The minimum Gasteiger partial charge on any atom is -0.274 e. The van der Waals surface area contributed by atoms with Crippen LogP contribution in [0.3, 0.4) is 0 Å². The van der Waals surface area contributed by atoms with Gasteiger partial charge in [-0.25, -0.2) is 15.0 Å². The van der Waals surface area contributed by atoms with Crippen molar-refractivity contribution in [1.82, 2.24) is 19.5 Å². The Kier molecular flexibility index (Phi) is 2.13. The summed E-state index contributed by atoms with van der Waals surface area (Å²) in [6, 6.07) is 1.93. The summed E-state index contributed by atoms with van der Waals surface area (Å²) in [6.07, 6.45) is 5.96. The number of imidazole rings is 1. The second kappa shape index (κ2) is 3.44. The molecule has 0 fully saturated rings. The number of aromatic nitrogens is 4. The third-order valence-electron chi connectivity index (χ3n) is 1.62. The van der Waals surface area contributed by atoms with Gasteiger partial charge in [-0.15, -0.1) is 0 Å². The number of hydrogen-bond acceptors (Lipinski definition) is 4. The normalized spacial score (nSPS) is 9.71. The van der Waals surface area contributed by atoms with Crippen molar-refractivity contribution in [1.29, 1.82) is 5.26 Å². The van der Waals surface area contributed by atoms with E-state index < -0.39 is 0 Å². The van der Waals surface area contributed by atoms with Gasteiger partial charge in [-0.05, 0) is 0 Å². The van der Waals surface area contributed by atoms with E-state index in [1.807, 2.05) is 6.07 Å². The van der Waals surface area contributed by atoms with E-state index in [4.69, 9.17) is 16.9 Å². The number of nitriles is 1. The molecule has 68 valence electrons. The molecule has 0 spiro atoms. The molecule has 14 heavy (non-hydrogen) atoms. The van der Waals surface area contributed by atoms with E-state index in [2.05, 4.69) is 15.0 Å². The summed E-state index contributed by atoms with van der Waals surface area (Å²) in [5.74, 6) is 0.696. The van der Waals surface area contributed by atoms with Crippen molar-refractivity contribution in [3.8, 4) is 11.9 Å². The highest BCUT2D eigenvalue weighted by Gasteiger charge is 2.08. The van der Waals surface area contributed by atoms with Crippen LogP contribution in [0.25, 0.3) is 5.82 Å². The fraction of sp³-hybridized carbons (Fsp3) is 0. The average molecular weight is 206 g/mol. The van der Waals surface area contributed by atoms with Crippen LogP contribution in [0.15, 0.2) is 24.9 Å². The number of hydrogen-bond donors (Lipinski definition) is 0. The van der Waals surface area contributed by atoms with E-state index in [1.54, 1.807) is 6.20 Å². The number of nitrogens with zero attached hydrogens (tertiary/aromatic N) is 5. The third kappa shape index (κ3) is 1.32. The summed E-state index contributed by atoms with van der Waals surface area (Å²) in [5, 5.41) is 9.12. The van der Waals surface area contributed by atoms with Crippen molar-refractivity contribution in [2.45, 2.75) is 0 Å². The molecule has 0 amide bonds. The molecule has 0 aliphatic rings. The number of rotatable bonds is 1. The molecule has 0 saturated carbocycles. The molecule has 5 nitrogen and oxygen atoms in total. The maximum atomic E-state index is 8.74. The smallest absolute Gasteiger partial charge is 0.218 e. The van der Waals surface area contributed by atoms with Gasteiger partial charge >= 0.3 is 0 Å². The van der Waals surface area contributed by atoms with Gasteiger partial charge in [0.1, 0.15) is 17.4 Å². The Morgan fingerprint density at radius 3 is 3.00 bits per heavy atom. The monoisotopic (exact) mass is 205 g/mol. The lowest BCUT2D eigenvalue weighted by atomic mass is 10.5. The van der Waals surface area contributed by atoms with Gasteiger partial charge in [0.2, 0.25) is 5.82 Å². The van der Waals surface area contributed by atoms with Gasteiger partial charge < -0.3 is 0 Å². The van der Waals surface area contributed by atoms with Crippen LogP contribution in [0.2, 0.25) is 5.02 Å². The Hall–Kier alpha value is -1.93. The molecule has 2 aromatic rings. The van der Waals surface area contributed by atoms with Crippen molar-refractivity contribution < 1.29 is 0 Å². The average Bonchev–Trinajstić information content (AvgIpc) is 2.66. The fourth-order valence-corrected chi connectivity index (χ4v) is 1.24. The first-order valence-corrected chi connectivity index (χ1v) is 4.10. The molecule has 0 atom stereocenters. The lowest BCUT2D eigenvalue weighted by Gasteiger charge is -2.02. The van der Waals surface area contributed by atoms with E-state index in [0.717, 1.165) is 0 Å². The SMILES string of the molecule is N#Cc1nccn1-c1ncncc1Cl. The molecule has 2 aromatic heterocycles. The van der Waals surface area contributed by atoms with Crippen LogP contribution in [-0.2, 0) is 0 Å². The summed E-state index contributed by atoms with van der Waals surface area (Å²) in [7, 11) is 0. The highest BCUT2D eigenvalue weighted by atomic mass is 35.5. The largest absolute Gasteiger partial charge is 0.274 e. The summed E-state index contributed by atoms with van der Waals surface area (Å²) in [5.41, 5.74) is 0. The van der Waals surface area contributed by atoms with E-state index in [0.29, 0.717) is 10.8 Å². The van der Waals surface area contributed by atoms with Crippen LogP contribution in [0.1, 0.15) is 5.82 Å². The molecular formula is C8H4ClN5. The molecule has 0 bridgehead atoms. The zero-order valence-corrected chi connectivity index (χ0v) is 7.68.